The minimum Gasteiger partial charge on any atom is -0.378 e. The maximum absolute atomic E-state index is 12.0. The molecule has 3 fully saturated rings. The summed E-state index contributed by atoms with van der Waals surface area (Å²) in [5.41, 5.74) is 1.39. The van der Waals surface area contributed by atoms with Crippen LogP contribution in [0.3, 0.4) is 0 Å². The second-order valence-electron chi connectivity index (χ2n) is 9.61. The largest absolute Gasteiger partial charge is 0.378 e. The third-order valence-electron chi connectivity index (χ3n) is 7.53. The van der Waals surface area contributed by atoms with Crippen LogP contribution < -0.4 is 10.2 Å². The predicted molar refractivity (Wildman–Crippen MR) is 128 cm³/mol. The topological polar surface area (TPSA) is 44.8 Å². The van der Waals surface area contributed by atoms with Crippen molar-refractivity contribution in [2.45, 2.75) is 51.2 Å². The highest BCUT2D eigenvalue weighted by Gasteiger charge is 2.37. The smallest absolute Gasteiger partial charge is 0.223 e. The maximum atomic E-state index is 12.0. The summed E-state index contributed by atoms with van der Waals surface area (Å²) < 4.78 is 7.61. The molecule has 2 saturated heterocycles. The number of nitrogens with zero attached hydrogens (tertiary/aromatic N) is 2. The van der Waals surface area contributed by atoms with E-state index in [1.165, 1.54) is 22.2 Å². The molecule has 5 rings (SSSR count). The van der Waals surface area contributed by atoms with Crippen molar-refractivity contribution in [2.75, 3.05) is 44.2 Å². The Hall–Kier alpha value is -1.63. The summed E-state index contributed by atoms with van der Waals surface area (Å²) in [5.74, 6) is 1.07. The molecule has 2 aromatic rings. The molecule has 5 nitrogen and oxygen atoms in total. The lowest BCUT2D eigenvalue weighted by Gasteiger charge is -2.41. The van der Waals surface area contributed by atoms with Crippen LogP contribution >= 0.6 is 11.3 Å². The third-order valence-corrected chi connectivity index (χ3v) is 8.42. The van der Waals surface area contributed by atoms with Crippen LogP contribution in [0.1, 0.15) is 39.0 Å². The van der Waals surface area contributed by atoms with E-state index in [-0.39, 0.29) is 11.8 Å². The fourth-order valence-electron chi connectivity index (χ4n) is 5.70. The second kappa shape index (κ2) is 9.47. The van der Waals surface area contributed by atoms with Gasteiger partial charge in [0.05, 0.1) is 6.10 Å². The number of hydrogen-bond donors (Lipinski definition) is 1. The van der Waals surface area contributed by atoms with Crippen LogP contribution in [0.15, 0.2) is 29.6 Å². The number of carbonyl (C=O) groups is 1. The van der Waals surface area contributed by atoms with Gasteiger partial charge in [-0.3, -0.25) is 9.69 Å². The highest BCUT2D eigenvalue weighted by atomic mass is 32.1. The molecule has 31 heavy (non-hydrogen) atoms. The van der Waals surface area contributed by atoms with Gasteiger partial charge >= 0.3 is 0 Å². The number of fused-ring (bicyclic) bond motifs is 2. The van der Waals surface area contributed by atoms with Gasteiger partial charge in [-0.1, -0.05) is 13.0 Å². The van der Waals surface area contributed by atoms with Crippen molar-refractivity contribution in [2.24, 2.45) is 11.8 Å². The minimum absolute atomic E-state index is 0.178. The molecule has 4 atom stereocenters. The van der Waals surface area contributed by atoms with E-state index in [0.29, 0.717) is 18.1 Å². The molecule has 1 aliphatic carbocycles. The number of thiophene rings is 1. The summed E-state index contributed by atoms with van der Waals surface area (Å²) in [4.78, 5) is 17.1. The van der Waals surface area contributed by atoms with Gasteiger partial charge in [0.25, 0.3) is 0 Å². The Labute approximate surface area is 189 Å². The number of nitrogens with one attached hydrogen (secondary N) is 1. The van der Waals surface area contributed by atoms with Crippen LogP contribution in [0.25, 0.3) is 10.1 Å². The second-order valence-corrected chi connectivity index (χ2v) is 10.6. The SMILES string of the molecule is CC1CC2CCC(OCCCN3CCN(c4cccc5sccc45)CC3)CC2NC1=O. The van der Waals surface area contributed by atoms with E-state index in [0.717, 1.165) is 65.0 Å². The van der Waals surface area contributed by atoms with Gasteiger partial charge in [0.1, 0.15) is 0 Å². The zero-order valence-electron chi connectivity index (χ0n) is 18.6. The monoisotopic (exact) mass is 441 g/mol. The quantitative estimate of drug-likeness (QED) is 0.685. The van der Waals surface area contributed by atoms with Crippen molar-refractivity contribution in [3.8, 4) is 0 Å². The number of hydrogen-bond acceptors (Lipinski definition) is 5. The Kier molecular flexibility index (Phi) is 6.49. The van der Waals surface area contributed by atoms with Crippen molar-refractivity contribution in [1.82, 2.24) is 10.2 Å². The fraction of sp³-hybridized carbons (Fsp3) is 0.640. The molecule has 168 valence electrons. The first-order chi connectivity index (χ1) is 15.2. The number of piperidine rings is 1. The van der Waals surface area contributed by atoms with E-state index < -0.39 is 0 Å². The first kappa shape index (κ1) is 21.2. The molecule has 1 aromatic heterocycles. The van der Waals surface area contributed by atoms with Gasteiger partial charge in [0.2, 0.25) is 5.91 Å². The molecular formula is C25H35N3O2S. The van der Waals surface area contributed by atoms with Crippen molar-refractivity contribution >= 4 is 33.0 Å². The standard InChI is InChI=1S/C25H35N3O2S/c1-18-16-19-6-7-20(17-22(19)26-25(18)29)30-14-3-9-27-10-12-28(13-11-27)23-4-2-5-24-21(23)8-15-31-24/h2,4-5,8,15,18-20,22H,3,6-7,9-14,16-17H2,1H3,(H,26,29). The lowest BCUT2D eigenvalue weighted by molar-refractivity contribution is -0.130. The summed E-state index contributed by atoms with van der Waals surface area (Å²) >= 11 is 1.83. The van der Waals surface area contributed by atoms with E-state index in [1.54, 1.807) is 0 Å². The van der Waals surface area contributed by atoms with Crippen molar-refractivity contribution in [1.29, 1.82) is 0 Å². The molecule has 1 N–H and O–H groups in total. The van der Waals surface area contributed by atoms with Crippen LogP contribution in [0.5, 0.6) is 0 Å². The number of benzene rings is 1. The number of carbonyl (C=O) groups excluding carboxylic acids is 1. The van der Waals surface area contributed by atoms with Gasteiger partial charge < -0.3 is 15.0 Å². The summed E-state index contributed by atoms with van der Waals surface area (Å²) in [6, 6.07) is 9.26. The lowest BCUT2D eigenvalue weighted by Crippen LogP contribution is -2.52. The Morgan fingerprint density at radius 1 is 1.13 bits per heavy atom. The molecule has 0 bridgehead atoms. The average molecular weight is 442 g/mol. The van der Waals surface area contributed by atoms with E-state index in [1.807, 2.05) is 11.3 Å². The van der Waals surface area contributed by atoms with E-state index in [9.17, 15) is 4.79 Å². The van der Waals surface area contributed by atoms with E-state index in [2.05, 4.69) is 51.7 Å². The van der Waals surface area contributed by atoms with Gasteiger partial charge in [0, 0.05) is 67.1 Å². The Morgan fingerprint density at radius 3 is 2.87 bits per heavy atom. The molecule has 6 heteroatoms. The first-order valence-electron chi connectivity index (χ1n) is 12.0. The average Bonchev–Trinajstić information content (AvgIpc) is 3.27. The molecular weight excluding hydrogens is 406 g/mol. The number of rotatable bonds is 6. The van der Waals surface area contributed by atoms with Gasteiger partial charge in [-0.2, -0.15) is 0 Å². The summed E-state index contributed by atoms with van der Waals surface area (Å²) in [5, 5.41) is 6.83. The van der Waals surface area contributed by atoms with Gasteiger partial charge in [0.15, 0.2) is 0 Å². The van der Waals surface area contributed by atoms with Crippen LogP contribution in [-0.4, -0.2) is 62.3 Å². The molecule has 4 unspecified atom stereocenters. The molecule has 1 saturated carbocycles. The van der Waals surface area contributed by atoms with Crippen molar-refractivity contribution in [3.05, 3.63) is 29.6 Å². The van der Waals surface area contributed by atoms with E-state index >= 15 is 0 Å². The first-order valence-corrected chi connectivity index (χ1v) is 12.9. The molecule has 0 radical (unpaired) electrons. The normalized spacial score (nSPS) is 29.7. The number of amides is 1. The summed E-state index contributed by atoms with van der Waals surface area (Å²) in [7, 11) is 0. The number of piperazine rings is 1. The highest BCUT2D eigenvalue weighted by molar-refractivity contribution is 7.17. The molecule has 1 amide bonds. The summed E-state index contributed by atoms with van der Waals surface area (Å²) in [6.45, 7) is 8.44. The third kappa shape index (κ3) is 4.76. The zero-order chi connectivity index (χ0) is 21.2. The summed E-state index contributed by atoms with van der Waals surface area (Å²) in [6.07, 6.45) is 5.80. The number of anilines is 1. The molecule has 2 aliphatic heterocycles. The van der Waals surface area contributed by atoms with Gasteiger partial charge in [-0.15, -0.1) is 11.3 Å². The minimum atomic E-state index is 0.178. The Bertz CT molecular complexity index is 892. The lowest BCUT2D eigenvalue weighted by atomic mass is 9.75. The van der Waals surface area contributed by atoms with Crippen LogP contribution in [0.2, 0.25) is 0 Å². The van der Waals surface area contributed by atoms with E-state index in [4.69, 9.17) is 4.74 Å². The van der Waals surface area contributed by atoms with Crippen molar-refractivity contribution in [3.63, 3.8) is 0 Å². The highest BCUT2D eigenvalue weighted by Crippen LogP contribution is 2.34. The Balaban J connectivity index is 1.02. The van der Waals surface area contributed by atoms with Gasteiger partial charge in [-0.25, -0.2) is 0 Å². The zero-order valence-corrected chi connectivity index (χ0v) is 19.4. The Morgan fingerprint density at radius 2 is 2.00 bits per heavy atom. The van der Waals surface area contributed by atoms with Crippen LogP contribution in [-0.2, 0) is 9.53 Å². The molecule has 3 aliphatic rings. The number of ether oxygens (including phenoxy) is 1. The van der Waals surface area contributed by atoms with Crippen molar-refractivity contribution < 1.29 is 9.53 Å². The van der Waals surface area contributed by atoms with Gasteiger partial charge in [-0.05, 0) is 61.6 Å². The van der Waals surface area contributed by atoms with Crippen LogP contribution in [0, 0.1) is 11.8 Å². The molecule has 0 spiro atoms. The van der Waals surface area contributed by atoms with Crippen LogP contribution in [0.4, 0.5) is 5.69 Å². The predicted octanol–water partition coefficient (Wildman–Crippen LogP) is 4.12. The maximum Gasteiger partial charge on any atom is 0.223 e. The molecule has 1 aromatic carbocycles. The fourth-order valence-corrected chi connectivity index (χ4v) is 6.50. The molecule has 3 heterocycles.